The lowest BCUT2D eigenvalue weighted by Crippen LogP contribution is -2.53. The smallest absolute Gasteiger partial charge is 0.480 e. The first kappa shape index (κ1) is 30.2. The number of carbonyl (C=O) groups excluding carboxylic acids is 1. The molecule has 16 heteroatoms. The summed E-state index contributed by atoms with van der Waals surface area (Å²) in [5, 5.41) is 11.5. The van der Waals surface area contributed by atoms with Gasteiger partial charge in [0.15, 0.2) is 5.92 Å². The third-order valence-electron chi connectivity index (χ3n) is 7.63. The molecule has 3 aliphatic heterocycles. The van der Waals surface area contributed by atoms with Crippen LogP contribution >= 0.6 is 0 Å². The maximum absolute atomic E-state index is 13.5. The minimum Gasteiger partial charge on any atom is -0.480 e. The van der Waals surface area contributed by atoms with Crippen LogP contribution in [0.1, 0.15) is 35.2 Å². The van der Waals surface area contributed by atoms with Gasteiger partial charge >= 0.3 is 24.7 Å². The van der Waals surface area contributed by atoms with Crippen LogP contribution in [-0.2, 0) is 11.3 Å². The molecule has 3 heterocycles. The highest BCUT2D eigenvalue weighted by Gasteiger charge is 2.66. The molecule has 1 amide bonds. The van der Waals surface area contributed by atoms with Crippen molar-refractivity contribution in [1.29, 1.82) is 0 Å². The molecule has 7 nitrogen and oxygen atoms in total. The maximum Gasteiger partial charge on any atom is 0.573 e. The van der Waals surface area contributed by atoms with Gasteiger partial charge in [-0.2, -0.15) is 26.3 Å². The monoisotopic (exact) mass is 591 g/mol. The molecule has 0 saturated carbocycles. The molecule has 0 aliphatic carbocycles. The number of benzene rings is 1. The number of ether oxygens (including phenoxy) is 1. The Balaban J connectivity index is 1.58. The number of carbonyl (C=O) groups is 2. The van der Waals surface area contributed by atoms with Crippen LogP contribution in [0, 0.1) is 17.8 Å². The van der Waals surface area contributed by atoms with E-state index in [4.69, 9.17) is 0 Å². The predicted octanol–water partition coefficient (Wildman–Crippen LogP) is 4.43. The zero-order valence-electron chi connectivity index (χ0n) is 20.7. The minimum atomic E-state index is -5.69. The van der Waals surface area contributed by atoms with E-state index < -0.39 is 66.2 Å². The number of nitrogens with zero attached hydrogens (tertiary/aromatic N) is 2. The molecular weight excluding hydrogens is 565 g/mol. The van der Waals surface area contributed by atoms with Crippen LogP contribution in [0.4, 0.5) is 39.5 Å². The third kappa shape index (κ3) is 6.58. The number of nitrogens with one attached hydrogen (secondary N) is 1. The van der Waals surface area contributed by atoms with E-state index in [0.717, 1.165) is 18.6 Å². The van der Waals surface area contributed by atoms with E-state index in [-0.39, 0.29) is 30.8 Å². The highest BCUT2D eigenvalue weighted by Crippen LogP contribution is 2.48. The van der Waals surface area contributed by atoms with E-state index >= 15 is 0 Å². The second-order valence-electron chi connectivity index (χ2n) is 10.3. The molecule has 3 fully saturated rings. The number of alkyl halides is 9. The van der Waals surface area contributed by atoms with Crippen molar-refractivity contribution in [3.05, 3.63) is 29.3 Å². The Kier molecular flexibility index (Phi) is 8.24. The van der Waals surface area contributed by atoms with Crippen molar-refractivity contribution >= 4 is 11.9 Å². The number of aliphatic carboxylic acids is 1. The van der Waals surface area contributed by atoms with E-state index in [1.807, 2.05) is 5.32 Å². The molecule has 4 unspecified atom stereocenters. The summed E-state index contributed by atoms with van der Waals surface area (Å²) >= 11 is 0. The first-order chi connectivity index (χ1) is 18.5. The number of piperidine rings is 1. The topological polar surface area (TPSA) is 82.1 Å². The average Bonchev–Trinajstić information content (AvgIpc) is 3.36. The maximum atomic E-state index is 13.5. The lowest BCUT2D eigenvalue weighted by Gasteiger charge is -2.32. The molecule has 4 atom stereocenters. The fraction of sp³-hybridized carbons (Fsp3) is 0.667. The second kappa shape index (κ2) is 10.9. The van der Waals surface area contributed by atoms with Gasteiger partial charge in [-0.25, -0.2) is 0 Å². The Morgan fingerprint density at radius 1 is 0.950 bits per heavy atom. The minimum absolute atomic E-state index is 0.147. The van der Waals surface area contributed by atoms with Gasteiger partial charge in [-0.05, 0) is 42.9 Å². The number of carboxylic acids is 1. The second-order valence-corrected chi connectivity index (χ2v) is 10.3. The normalized spacial score (nSPS) is 26.3. The summed E-state index contributed by atoms with van der Waals surface area (Å²) in [7, 11) is 0. The van der Waals surface area contributed by atoms with Crippen LogP contribution in [0.3, 0.4) is 0 Å². The SMILES string of the molecule is O=C(O)C1NC(C(C(F)(F)F)C(F)(F)F)C2CN(Cc3ccc(C(=O)N4CCCCC4)c(OC(F)(F)F)c3)CC12. The van der Waals surface area contributed by atoms with Crippen LogP contribution in [0.2, 0.25) is 0 Å². The quantitative estimate of drug-likeness (QED) is 0.477. The molecule has 1 aromatic rings. The molecule has 1 aromatic carbocycles. The lowest BCUT2D eigenvalue weighted by atomic mass is 9.84. The van der Waals surface area contributed by atoms with Crippen molar-refractivity contribution in [1.82, 2.24) is 15.1 Å². The summed E-state index contributed by atoms with van der Waals surface area (Å²) in [4.78, 5) is 27.4. The summed E-state index contributed by atoms with van der Waals surface area (Å²) in [6.07, 6.45) is -14.3. The van der Waals surface area contributed by atoms with Gasteiger partial charge in [0.25, 0.3) is 5.91 Å². The van der Waals surface area contributed by atoms with Gasteiger partial charge in [0, 0.05) is 44.7 Å². The molecule has 0 aromatic heterocycles. The Labute approximate surface area is 222 Å². The van der Waals surface area contributed by atoms with E-state index in [2.05, 4.69) is 4.74 Å². The fourth-order valence-corrected chi connectivity index (χ4v) is 6.02. The number of likely N-dealkylation sites (tertiary alicyclic amines) is 2. The van der Waals surface area contributed by atoms with Gasteiger partial charge < -0.3 is 20.1 Å². The number of halogens is 9. The molecule has 2 N–H and O–H groups in total. The lowest BCUT2D eigenvalue weighted by molar-refractivity contribution is -0.293. The number of fused-ring (bicyclic) bond motifs is 1. The zero-order valence-corrected chi connectivity index (χ0v) is 20.7. The number of rotatable bonds is 6. The highest BCUT2D eigenvalue weighted by atomic mass is 19.4. The first-order valence-corrected chi connectivity index (χ1v) is 12.5. The van der Waals surface area contributed by atoms with Crippen LogP contribution in [0.5, 0.6) is 5.75 Å². The van der Waals surface area contributed by atoms with E-state index in [1.165, 1.54) is 15.9 Å². The van der Waals surface area contributed by atoms with Crippen molar-refractivity contribution in [2.24, 2.45) is 17.8 Å². The summed E-state index contributed by atoms with van der Waals surface area (Å²) in [6.45, 7) is -0.0733. The van der Waals surface area contributed by atoms with Crippen molar-refractivity contribution in [3.8, 4) is 5.75 Å². The average molecular weight is 591 g/mol. The van der Waals surface area contributed by atoms with Gasteiger partial charge in [-0.1, -0.05) is 6.07 Å². The van der Waals surface area contributed by atoms with Crippen molar-refractivity contribution in [2.75, 3.05) is 26.2 Å². The van der Waals surface area contributed by atoms with E-state index in [9.17, 15) is 54.2 Å². The highest BCUT2D eigenvalue weighted by molar-refractivity contribution is 5.97. The Bertz CT molecular complexity index is 1090. The van der Waals surface area contributed by atoms with Gasteiger partial charge in [-0.15, -0.1) is 13.2 Å². The molecular formula is C24H26F9N3O4. The number of amides is 1. The molecule has 40 heavy (non-hydrogen) atoms. The van der Waals surface area contributed by atoms with Crippen molar-refractivity contribution in [2.45, 2.75) is 56.6 Å². The number of hydrogen-bond acceptors (Lipinski definition) is 5. The first-order valence-electron chi connectivity index (χ1n) is 12.5. The molecule has 3 saturated heterocycles. The molecule has 3 aliphatic rings. The summed E-state index contributed by atoms with van der Waals surface area (Å²) in [5.41, 5.74) is -0.191. The van der Waals surface area contributed by atoms with Crippen LogP contribution < -0.4 is 10.1 Å². The molecule has 224 valence electrons. The standard InChI is InChI=1S/C24H26F9N3O4/c25-22(26,27)19(23(28,29)30)17-14-10-35(11-15(14)18(34-17)21(38)39)9-12-4-5-13(16(8-12)40-24(31,32)33)20(37)36-6-2-1-3-7-36/h4-5,8,14-15,17-19,34H,1-3,6-7,9-11H2,(H,38,39). The largest absolute Gasteiger partial charge is 0.573 e. The van der Waals surface area contributed by atoms with Crippen LogP contribution in [0.25, 0.3) is 0 Å². The number of hydrogen-bond donors (Lipinski definition) is 2. The molecule has 0 bridgehead atoms. The van der Waals surface area contributed by atoms with E-state index in [0.29, 0.717) is 25.9 Å². The van der Waals surface area contributed by atoms with Crippen molar-refractivity contribution < 1.29 is 58.9 Å². The van der Waals surface area contributed by atoms with Gasteiger partial charge in [0.1, 0.15) is 11.8 Å². The molecule has 0 spiro atoms. The molecule has 4 rings (SSSR count). The van der Waals surface area contributed by atoms with E-state index in [1.54, 1.807) is 0 Å². The molecule has 0 radical (unpaired) electrons. The van der Waals surface area contributed by atoms with Crippen molar-refractivity contribution in [3.63, 3.8) is 0 Å². The van der Waals surface area contributed by atoms with Gasteiger partial charge in [-0.3, -0.25) is 14.5 Å². The fourth-order valence-electron chi connectivity index (χ4n) is 6.02. The zero-order chi connectivity index (χ0) is 29.6. The van der Waals surface area contributed by atoms with Crippen LogP contribution in [-0.4, -0.2) is 83.8 Å². The summed E-state index contributed by atoms with van der Waals surface area (Å²) < 4.78 is 124. The van der Waals surface area contributed by atoms with Gasteiger partial charge in [0.2, 0.25) is 0 Å². The van der Waals surface area contributed by atoms with Crippen LogP contribution in [0.15, 0.2) is 18.2 Å². The predicted molar refractivity (Wildman–Crippen MR) is 119 cm³/mol. The number of carboxylic acid groups (broad SMARTS) is 1. The van der Waals surface area contributed by atoms with Gasteiger partial charge in [0.05, 0.1) is 5.56 Å². The Hall–Kier alpha value is -2.75. The summed E-state index contributed by atoms with van der Waals surface area (Å²) in [5.74, 6) is -9.31. The third-order valence-corrected chi connectivity index (χ3v) is 7.63. The Morgan fingerprint density at radius 2 is 1.55 bits per heavy atom. The summed E-state index contributed by atoms with van der Waals surface area (Å²) in [6, 6.07) is -0.520. The Morgan fingerprint density at radius 3 is 2.10 bits per heavy atom.